The zero-order valence-corrected chi connectivity index (χ0v) is 14.1. The lowest BCUT2D eigenvalue weighted by Crippen LogP contribution is -2.45. The number of rotatable bonds is 7. The van der Waals surface area contributed by atoms with Crippen molar-refractivity contribution in [1.29, 1.82) is 0 Å². The molecule has 0 aliphatic carbocycles. The molecule has 0 fully saturated rings. The molecule has 8 heteroatoms. The standard InChI is InChI=1S/C17H19FN2O5/c1-10(2)15(17(22)23-3)20-16(21)13-8-25-14(19-13)9-24-12-6-4-11(18)5-7-12/h4-8,10,15H,9H2,1-3H3,(H,20,21)/t15-/m0/s1. The van der Waals surface area contributed by atoms with Crippen LogP contribution in [0.5, 0.6) is 5.75 Å². The van der Waals surface area contributed by atoms with Crippen LogP contribution in [0.25, 0.3) is 0 Å². The number of carbonyl (C=O) groups excluding carboxylic acids is 2. The number of esters is 1. The van der Waals surface area contributed by atoms with Crippen molar-refractivity contribution in [3.05, 3.63) is 47.9 Å². The molecule has 0 saturated carbocycles. The minimum Gasteiger partial charge on any atom is -0.484 e. The lowest BCUT2D eigenvalue weighted by atomic mass is 10.0. The van der Waals surface area contributed by atoms with Gasteiger partial charge in [-0.2, -0.15) is 0 Å². The van der Waals surface area contributed by atoms with Gasteiger partial charge in [-0.1, -0.05) is 13.8 Å². The number of benzene rings is 1. The molecule has 25 heavy (non-hydrogen) atoms. The van der Waals surface area contributed by atoms with E-state index in [1.165, 1.54) is 37.6 Å². The number of halogens is 1. The molecule has 0 unspecified atom stereocenters. The third-order valence-electron chi connectivity index (χ3n) is 3.37. The third kappa shape index (κ3) is 5.03. The van der Waals surface area contributed by atoms with Gasteiger partial charge in [0.25, 0.3) is 5.91 Å². The van der Waals surface area contributed by atoms with E-state index < -0.39 is 17.9 Å². The molecule has 0 spiro atoms. The lowest BCUT2D eigenvalue weighted by molar-refractivity contribution is -0.144. The van der Waals surface area contributed by atoms with Crippen molar-refractivity contribution in [2.24, 2.45) is 5.92 Å². The third-order valence-corrected chi connectivity index (χ3v) is 3.37. The molecule has 0 radical (unpaired) electrons. The van der Waals surface area contributed by atoms with Crippen LogP contribution in [-0.4, -0.2) is 30.0 Å². The number of oxazole rings is 1. The summed E-state index contributed by atoms with van der Waals surface area (Å²) < 4.78 is 28.0. The zero-order valence-electron chi connectivity index (χ0n) is 14.1. The predicted octanol–water partition coefficient (Wildman–Crippen LogP) is 2.32. The molecule has 1 aromatic heterocycles. The van der Waals surface area contributed by atoms with E-state index in [1.54, 1.807) is 13.8 Å². The first-order chi connectivity index (χ1) is 11.9. The van der Waals surface area contributed by atoms with E-state index in [1.807, 2.05) is 0 Å². The quantitative estimate of drug-likeness (QED) is 0.771. The molecular formula is C17H19FN2O5. The zero-order chi connectivity index (χ0) is 18.4. The molecule has 1 heterocycles. The van der Waals surface area contributed by atoms with Gasteiger partial charge in [-0.05, 0) is 30.2 Å². The summed E-state index contributed by atoms with van der Waals surface area (Å²) >= 11 is 0. The number of nitrogens with one attached hydrogen (secondary N) is 1. The Morgan fingerprint density at radius 1 is 1.28 bits per heavy atom. The van der Waals surface area contributed by atoms with Crippen molar-refractivity contribution in [2.75, 3.05) is 7.11 Å². The fourth-order valence-corrected chi connectivity index (χ4v) is 2.00. The second-order valence-corrected chi connectivity index (χ2v) is 5.59. The largest absolute Gasteiger partial charge is 0.484 e. The van der Waals surface area contributed by atoms with E-state index >= 15 is 0 Å². The maximum atomic E-state index is 12.8. The molecule has 1 N–H and O–H groups in total. The molecule has 1 amide bonds. The minimum absolute atomic E-state index is 0.0206. The van der Waals surface area contributed by atoms with Crippen LogP contribution in [0.3, 0.4) is 0 Å². The Bertz CT molecular complexity index is 727. The summed E-state index contributed by atoms with van der Waals surface area (Å²) in [6.45, 7) is 3.54. The fourth-order valence-electron chi connectivity index (χ4n) is 2.00. The molecule has 0 aliphatic heterocycles. The van der Waals surface area contributed by atoms with Crippen molar-refractivity contribution >= 4 is 11.9 Å². The summed E-state index contributed by atoms with van der Waals surface area (Å²) in [6.07, 6.45) is 1.17. The summed E-state index contributed by atoms with van der Waals surface area (Å²) in [4.78, 5) is 27.9. The highest BCUT2D eigenvalue weighted by atomic mass is 19.1. The Labute approximate surface area is 144 Å². The smallest absolute Gasteiger partial charge is 0.328 e. The van der Waals surface area contributed by atoms with Gasteiger partial charge in [-0.3, -0.25) is 4.79 Å². The van der Waals surface area contributed by atoms with E-state index in [-0.39, 0.29) is 29.9 Å². The molecule has 2 rings (SSSR count). The average molecular weight is 350 g/mol. The van der Waals surface area contributed by atoms with E-state index in [9.17, 15) is 14.0 Å². The Balaban J connectivity index is 1.96. The Kier molecular flexibility index (Phi) is 6.10. The van der Waals surface area contributed by atoms with Crippen LogP contribution in [0.4, 0.5) is 4.39 Å². The number of carbonyl (C=O) groups is 2. The van der Waals surface area contributed by atoms with E-state index in [0.717, 1.165) is 0 Å². The van der Waals surface area contributed by atoms with Crippen molar-refractivity contribution in [1.82, 2.24) is 10.3 Å². The van der Waals surface area contributed by atoms with E-state index in [2.05, 4.69) is 15.0 Å². The maximum Gasteiger partial charge on any atom is 0.328 e. The van der Waals surface area contributed by atoms with Gasteiger partial charge in [0.1, 0.15) is 23.9 Å². The van der Waals surface area contributed by atoms with Gasteiger partial charge in [-0.15, -0.1) is 0 Å². The normalized spacial score (nSPS) is 11.9. The number of methoxy groups -OCH3 is 1. The molecule has 7 nitrogen and oxygen atoms in total. The summed E-state index contributed by atoms with van der Waals surface area (Å²) in [5.41, 5.74) is 0.0206. The number of amides is 1. The Hall–Kier alpha value is -2.90. The number of nitrogens with zero attached hydrogens (tertiary/aromatic N) is 1. The minimum atomic E-state index is -0.784. The van der Waals surface area contributed by atoms with Crippen LogP contribution < -0.4 is 10.1 Å². The predicted molar refractivity (Wildman–Crippen MR) is 85.3 cm³/mol. The maximum absolute atomic E-state index is 12.8. The van der Waals surface area contributed by atoms with Gasteiger partial charge in [0, 0.05) is 0 Å². The first kappa shape index (κ1) is 18.4. The van der Waals surface area contributed by atoms with Crippen LogP contribution in [0.15, 0.2) is 34.9 Å². The van der Waals surface area contributed by atoms with Gasteiger partial charge in [0.15, 0.2) is 12.3 Å². The summed E-state index contributed by atoms with van der Waals surface area (Å²) in [5, 5.41) is 2.56. The van der Waals surface area contributed by atoms with Crippen LogP contribution in [0, 0.1) is 11.7 Å². The number of hydrogen-bond acceptors (Lipinski definition) is 6. The highest BCUT2D eigenvalue weighted by molar-refractivity contribution is 5.95. The number of ether oxygens (including phenoxy) is 2. The summed E-state index contributed by atoms with van der Waals surface area (Å²) in [6, 6.07) is 4.68. The van der Waals surface area contributed by atoms with Gasteiger partial charge in [0.2, 0.25) is 5.89 Å². The first-order valence-corrected chi connectivity index (χ1v) is 7.62. The first-order valence-electron chi connectivity index (χ1n) is 7.62. The van der Waals surface area contributed by atoms with Gasteiger partial charge >= 0.3 is 5.97 Å². The Morgan fingerprint density at radius 2 is 1.96 bits per heavy atom. The summed E-state index contributed by atoms with van der Waals surface area (Å²) in [5.74, 6) is -0.991. The summed E-state index contributed by atoms with van der Waals surface area (Å²) in [7, 11) is 1.25. The lowest BCUT2D eigenvalue weighted by Gasteiger charge is -2.18. The number of aromatic nitrogens is 1. The molecule has 2 aromatic rings. The average Bonchev–Trinajstić information content (AvgIpc) is 3.07. The van der Waals surface area contributed by atoms with Crippen molar-refractivity contribution in [2.45, 2.75) is 26.5 Å². The van der Waals surface area contributed by atoms with Crippen LogP contribution in [-0.2, 0) is 16.1 Å². The monoisotopic (exact) mass is 350 g/mol. The highest BCUT2D eigenvalue weighted by Gasteiger charge is 2.26. The molecule has 1 atom stereocenters. The Morgan fingerprint density at radius 3 is 2.56 bits per heavy atom. The molecular weight excluding hydrogens is 331 g/mol. The highest BCUT2D eigenvalue weighted by Crippen LogP contribution is 2.14. The molecule has 134 valence electrons. The topological polar surface area (TPSA) is 90.7 Å². The molecule has 1 aromatic carbocycles. The van der Waals surface area contributed by atoms with Crippen LogP contribution in [0.1, 0.15) is 30.2 Å². The van der Waals surface area contributed by atoms with Crippen molar-refractivity contribution < 1.29 is 27.9 Å². The van der Waals surface area contributed by atoms with Crippen molar-refractivity contribution in [3.8, 4) is 5.75 Å². The van der Waals surface area contributed by atoms with E-state index in [4.69, 9.17) is 9.15 Å². The van der Waals surface area contributed by atoms with Gasteiger partial charge in [0.05, 0.1) is 7.11 Å². The van der Waals surface area contributed by atoms with E-state index in [0.29, 0.717) is 5.75 Å². The van der Waals surface area contributed by atoms with Crippen molar-refractivity contribution in [3.63, 3.8) is 0 Å². The van der Waals surface area contributed by atoms with Crippen LogP contribution in [0.2, 0.25) is 0 Å². The number of hydrogen-bond donors (Lipinski definition) is 1. The molecule has 0 bridgehead atoms. The molecule has 0 saturated heterocycles. The second kappa shape index (κ2) is 8.27. The second-order valence-electron chi connectivity index (χ2n) is 5.59. The van der Waals surface area contributed by atoms with Crippen LogP contribution >= 0.6 is 0 Å². The molecule has 0 aliphatic rings. The van der Waals surface area contributed by atoms with Gasteiger partial charge in [-0.25, -0.2) is 14.2 Å². The van der Waals surface area contributed by atoms with Gasteiger partial charge < -0.3 is 19.2 Å². The SMILES string of the molecule is COC(=O)[C@@H](NC(=O)c1coc(COc2ccc(F)cc2)n1)C(C)C. The fraction of sp³-hybridized carbons (Fsp3) is 0.353.